The zero-order valence-corrected chi connectivity index (χ0v) is 18.9. The summed E-state index contributed by atoms with van der Waals surface area (Å²) in [6.07, 6.45) is 5.38. The van der Waals surface area contributed by atoms with Crippen LogP contribution >= 0.6 is 0 Å². The van der Waals surface area contributed by atoms with Crippen molar-refractivity contribution < 1.29 is 4.74 Å². The van der Waals surface area contributed by atoms with Crippen molar-refractivity contribution >= 4 is 10.9 Å². The number of aromatic nitrogens is 3. The van der Waals surface area contributed by atoms with Crippen LogP contribution in [0.15, 0.2) is 55.1 Å². The quantitative estimate of drug-likeness (QED) is 0.455. The number of hydrogen-bond acceptors (Lipinski definition) is 5. The lowest BCUT2D eigenvalue weighted by molar-refractivity contribution is 0.0342. The molecule has 5 heteroatoms. The Bertz CT molecular complexity index is 1260. The lowest BCUT2D eigenvalue weighted by Crippen LogP contribution is -2.35. The van der Waals surface area contributed by atoms with Crippen LogP contribution in [0.1, 0.15) is 22.4 Å². The van der Waals surface area contributed by atoms with Gasteiger partial charge in [-0.1, -0.05) is 24.3 Å². The molecule has 0 aliphatic carbocycles. The van der Waals surface area contributed by atoms with Crippen LogP contribution in [0.5, 0.6) is 0 Å². The SMILES string of the molecule is Cc1cc2nccc(-c3cncnc3C)c2c(C)c1-c1ccc(CN2CCOCC2)cc1. The summed E-state index contributed by atoms with van der Waals surface area (Å²) in [4.78, 5) is 15.8. The van der Waals surface area contributed by atoms with Crippen LogP contribution in [-0.4, -0.2) is 46.2 Å². The molecule has 0 bridgehead atoms. The molecular formula is C27H28N4O. The minimum Gasteiger partial charge on any atom is -0.379 e. The van der Waals surface area contributed by atoms with E-state index >= 15 is 0 Å². The van der Waals surface area contributed by atoms with Gasteiger partial charge in [0.15, 0.2) is 0 Å². The van der Waals surface area contributed by atoms with Crippen LogP contribution < -0.4 is 0 Å². The number of rotatable bonds is 4. The van der Waals surface area contributed by atoms with Crippen molar-refractivity contribution in [1.82, 2.24) is 19.9 Å². The molecule has 2 aromatic heterocycles. The van der Waals surface area contributed by atoms with Gasteiger partial charge in [-0.3, -0.25) is 9.88 Å². The van der Waals surface area contributed by atoms with Gasteiger partial charge in [-0.2, -0.15) is 0 Å². The summed E-state index contributed by atoms with van der Waals surface area (Å²) in [5.41, 5.74) is 10.5. The third-order valence-corrected chi connectivity index (χ3v) is 6.43. The Morgan fingerprint density at radius 2 is 1.72 bits per heavy atom. The monoisotopic (exact) mass is 424 g/mol. The van der Waals surface area contributed by atoms with E-state index in [-0.39, 0.29) is 0 Å². The average Bonchev–Trinajstić information content (AvgIpc) is 2.81. The number of nitrogens with zero attached hydrogens (tertiary/aromatic N) is 4. The van der Waals surface area contributed by atoms with Crippen LogP contribution in [0, 0.1) is 20.8 Å². The molecule has 0 radical (unpaired) electrons. The molecule has 1 aliphatic rings. The lowest BCUT2D eigenvalue weighted by Gasteiger charge is -2.26. The van der Waals surface area contributed by atoms with Crippen molar-refractivity contribution in [3.05, 3.63) is 77.5 Å². The Hall–Kier alpha value is -3.15. The van der Waals surface area contributed by atoms with Crippen molar-refractivity contribution in [3.8, 4) is 22.3 Å². The Morgan fingerprint density at radius 1 is 0.938 bits per heavy atom. The average molecular weight is 425 g/mol. The Labute approximate surface area is 189 Å². The highest BCUT2D eigenvalue weighted by Crippen LogP contribution is 2.38. The van der Waals surface area contributed by atoms with E-state index in [9.17, 15) is 0 Å². The zero-order valence-electron chi connectivity index (χ0n) is 18.9. The zero-order chi connectivity index (χ0) is 22.1. The standard InChI is InChI=1S/C27H28N4O/c1-18-14-25-27(23(8-9-29-25)24-15-28-17-30-20(24)3)19(2)26(18)22-6-4-21(5-7-22)16-31-10-12-32-13-11-31/h4-9,14-15,17H,10-13,16H2,1-3H3. The Morgan fingerprint density at radius 3 is 2.47 bits per heavy atom. The molecule has 162 valence electrons. The molecule has 1 aliphatic heterocycles. The molecule has 0 atom stereocenters. The molecule has 5 rings (SSSR count). The van der Waals surface area contributed by atoms with Gasteiger partial charge in [-0.25, -0.2) is 9.97 Å². The van der Waals surface area contributed by atoms with Crippen LogP contribution in [-0.2, 0) is 11.3 Å². The molecular weight excluding hydrogens is 396 g/mol. The third-order valence-electron chi connectivity index (χ3n) is 6.43. The van der Waals surface area contributed by atoms with Crippen molar-refractivity contribution in [2.45, 2.75) is 27.3 Å². The summed E-state index contributed by atoms with van der Waals surface area (Å²) in [6.45, 7) is 11.0. The largest absolute Gasteiger partial charge is 0.379 e. The first-order valence-electron chi connectivity index (χ1n) is 11.2. The first-order valence-corrected chi connectivity index (χ1v) is 11.2. The van der Waals surface area contributed by atoms with Gasteiger partial charge in [0.05, 0.1) is 18.7 Å². The summed E-state index contributed by atoms with van der Waals surface area (Å²) in [7, 11) is 0. The van der Waals surface area contributed by atoms with Gasteiger partial charge in [-0.15, -0.1) is 0 Å². The van der Waals surface area contributed by atoms with Crippen LogP contribution in [0.3, 0.4) is 0 Å². The van der Waals surface area contributed by atoms with Crippen molar-refractivity contribution in [3.63, 3.8) is 0 Å². The van der Waals surface area contributed by atoms with Gasteiger partial charge in [0.2, 0.25) is 0 Å². The van der Waals surface area contributed by atoms with Crippen LogP contribution in [0.25, 0.3) is 33.2 Å². The summed E-state index contributed by atoms with van der Waals surface area (Å²) in [5.74, 6) is 0. The third kappa shape index (κ3) is 3.90. The maximum atomic E-state index is 5.47. The topological polar surface area (TPSA) is 51.1 Å². The fraction of sp³-hybridized carbons (Fsp3) is 0.296. The molecule has 1 saturated heterocycles. The molecule has 2 aromatic carbocycles. The van der Waals surface area contributed by atoms with E-state index in [0.29, 0.717) is 0 Å². The summed E-state index contributed by atoms with van der Waals surface area (Å²) in [6, 6.07) is 13.3. The van der Waals surface area contributed by atoms with E-state index < -0.39 is 0 Å². The van der Waals surface area contributed by atoms with E-state index in [1.54, 1.807) is 6.33 Å². The number of pyridine rings is 1. The lowest BCUT2D eigenvalue weighted by atomic mass is 9.89. The van der Waals surface area contributed by atoms with Gasteiger partial charge in [0.25, 0.3) is 0 Å². The van der Waals surface area contributed by atoms with Crippen molar-refractivity contribution in [2.75, 3.05) is 26.3 Å². The predicted molar refractivity (Wildman–Crippen MR) is 129 cm³/mol. The molecule has 0 N–H and O–H groups in total. The van der Waals surface area contributed by atoms with Crippen LogP contribution in [0.2, 0.25) is 0 Å². The first-order chi connectivity index (χ1) is 15.6. The molecule has 3 heterocycles. The number of ether oxygens (including phenoxy) is 1. The molecule has 0 spiro atoms. The number of fused-ring (bicyclic) bond motifs is 1. The van der Waals surface area contributed by atoms with Gasteiger partial charge in [0.1, 0.15) is 6.33 Å². The van der Waals surface area contributed by atoms with Gasteiger partial charge >= 0.3 is 0 Å². The van der Waals surface area contributed by atoms with E-state index in [4.69, 9.17) is 4.74 Å². The number of hydrogen-bond donors (Lipinski definition) is 0. The Balaban J connectivity index is 1.57. The molecule has 1 fully saturated rings. The fourth-order valence-electron chi connectivity index (χ4n) is 4.80. The molecule has 4 aromatic rings. The number of benzene rings is 2. The van der Waals surface area contributed by atoms with Crippen molar-refractivity contribution in [2.24, 2.45) is 0 Å². The molecule has 0 amide bonds. The second kappa shape index (κ2) is 8.77. The van der Waals surface area contributed by atoms with Gasteiger partial charge in [0, 0.05) is 48.7 Å². The smallest absolute Gasteiger partial charge is 0.115 e. The normalized spacial score (nSPS) is 14.7. The van der Waals surface area contributed by atoms with Crippen molar-refractivity contribution in [1.29, 1.82) is 0 Å². The predicted octanol–water partition coefficient (Wildman–Crippen LogP) is 5.12. The second-order valence-electron chi connectivity index (χ2n) is 8.55. The highest BCUT2D eigenvalue weighted by atomic mass is 16.5. The molecule has 32 heavy (non-hydrogen) atoms. The first kappa shape index (κ1) is 20.7. The summed E-state index contributed by atoms with van der Waals surface area (Å²) in [5, 5.41) is 1.17. The second-order valence-corrected chi connectivity index (χ2v) is 8.55. The van der Waals surface area contributed by atoms with E-state index in [0.717, 1.165) is 55.2 Å². The fourth-order valence-corrected chi connectivity index (χ4v) is 4.80. The van der Waals surface area contributed by atoms with Gasteiger partial charge < -0.3 is 4.74 Å². The maximum absolute atomic E-state index is 5.47. The maximum Gasteiger partial charge on any atom is 0.115 e. The highest BCUT2D eigenvalue weighted by molar-refractivity contribution is 6.01. The summed E-state index contributed by atoms with van der Waals surface area (Å²) < 4.78 is 5.47. The number of morpholine rings is 1. The van der Waals surface area contributed by atoms with E-state index in [2.05, 4.69) is 70.1 Å². The highest BCUT2D eigenvalue weighted by Gasteiger charge is 2.16. The molecule has 0 unspecified atom stereocenters. The summed E-state index contributed by atoms with van der Waals surface area (Å²) >= 11 is 0. The van der Waals surface area contributed by atoms with E-state index in [1.165, 1.54) is 33.2 Å². The van der Waals surface area contributed by atoms with E-state index in [1.807, 2.05) is 19.3 Å². The molecule has 0 saturated carbocycles. The van der Waals surface area contributed by atoms with Gasteiger partial charge in [-0.05, 0) is 66.3 Å². The number of aryl methyl sites for hydroxylation is 3. The minimum absolute atomic E-state index is 0.829. The minimum atomic E-state index is 0.829. The molecule has 5 nitrogen and oxygen atoms in total. The van der Waals surface area contributed by atoms with Crippen LogP contribution in [0.4, 0.5) is 0 Å². The Kier molecular flexibility index (Phi) is 5.68.